The highest BCUT2D eigenvalue weighted by molar-refractivity contribution is 7.99. The fourth-order valence-corrected chi connectivity index (χ4v) is 7.52. The van der Waals surface area contributed by atoms with Gasteiger partial charge in [0.15, 0.2) is 27.8 Å². The number of aryl methyl sites for hydroxylation is 2. The third-order valence-electron chi connectivity index (χ3n) is 8.81. The highest BCUT2D eigenvalue weighted by atomic mass is 32.2. The van der Waals surface area contributed by atoms with E-state index in [0.29, 0.717) is 35.4 Å². The van der Waals surface area contributed by atoms with Gasteiger partial charge in [-0.1, -0.05) is 35.5 Å². The summed E-state index contributed by atoms with van der Waals surface area (Å²) in [5.74, 6) is 1.67. The number of benzene rings is 2. The van der Waals surface area contributed by atoms with Crippen molar-refractivity contribution in [3.8, 4) is 11.5 Å². The maximum atomic E-state index is 14.0. The van der Waals surface area contributed by atoms with Crippen LogP contribution in [0.3, 0.4) is 0 Å². The average Bonchev–Trinajstić information content (AvgIpc) is 3.54. The van der Waals surface area contributed by atoms with Gasteiger partial charge in [-0.25, -0.2) is 9.78 Å². The van der Waals surface area contributed by atoms with Crippen LogP contribution in [0.1, 0.15) is 42.9 Å². The topological polar surface area (TPSA) is 104 Å². The van der Waals surface area contributed by atoms with Gasteiger partial charge in [0.25, 0.3) is 5.56 Å². The lowest BCUT2D eigenvalue weighted by Crippen LogP contribution is -2.47. The number of aromatic nitrogens is 4. The second kappa shape index (κ2) is 12.4. The number of hydrogen-bond acceptors (Lipinski definition) is 8. The summed E-state index contributed by atoms with van der Waals surface area (Å²) >= 11 is 1.29. The summed E-state index contributed by atoms with van der Waals surface area (Å²) in [6.45, 7) is 9.03. The third kappa shape index (κ3) is 5.54. The Morgan fingerprint density at radius 1 is 1.00 bits per heavy atom. The van der Waals surface area contributed by atoms with E-state index in [-0.39, 0.29) is 35.8 Å². The standard InChI is InChI=1S/C33H40N6O5S/c1-7-43-26-12-10-21(16-27(26)44-8-2)17-38-29-30(36(5)33(42)37(6)31(29)41)34-32(38)45-19-28(40)39-24-11-9-20(3)15-22(24)23-18-35(4)14-13-25(23)39/h9-12,15-16,23,25H,7-8,13-14,17-19H2,1-6H3/t23-,25+/m0/s1. The number of anilines is 1. The van der Waals surface area contributed by atoms with Crippen molar-refractivity contribution < 1.29 is 14.3 Å². The average molecular weight is 633 g/mol. The van der Waals surface area contributed by atoms with E-state index in [0.717, 1.165) is 35.3 Å². The first-order valence-electron chi connectivity index (χ1n) is 15.4. The monoisotopic (exact) mass is 632 g/mol. The van der Waals surface area contributed by atoms with Crippen LogP contribution in [0.2, 0.25) is 0 Å². The summed E-state index contributed by atoms with van der Waals surface area (Å²) in [7, 11) is 5.21. The summed E-state index contributed by atoms with van der Waals surface area (Å²) in [5, 5.41) is 0.492. The van der Waals surface area contributed by atoms with Crippen molar-refractivity contribution in [2.75, 3.05) is 44.0 Å². The zero-order valence-corrected chi connectivity index (χ0v) is 27.5. The molecule has 238 valence electrons. The first-order valence-corrected chi connectivity index (χ1v) is 16.4. The van der Waals surface area contributed by atoms with Gasteiger partial charge in [-0.15, -0.1) is 0 Å². The van der Waals surface area contributed by atoms with Crippen molar-refractivity contribution in [3.05, 3.63) is 73.9 Å². The number of nitrogens with zero attached hydrogens (tertiary/aromatic N) is 6. The summed E-state index contributed by atoms with van der Waals surface area (Å²) in [4.78, 5) is 49.4. The van der Waals surface area contributed by atoms with Gasteiger partial charge in [0.05, 0.1) is 25.5 Å². The molecular weight excluding hydrogens is 592 g/mol. The van der Waals surface area contributed by atoms with Crippen molar-refractivity contribution in [2.45, 2.75) is 50.9 Å². The van der Waals surface area contributed by atoms with Crippen LogP contribution >= 0.6 is 11.8 Å². The summed E-state index contributed by atoms with van der Waals surface area (Å²) in [5.41, 5.74) is 3.96. The second-order valence-electron chi connectivity index (χ2n) is 11.8. The van der Waals surface area contributed by atoms with Crippen molar-refractivity contribution in [2.24, 2.45) is 14.1 Å². The summed E-state index contributed by atoms with van der Waals surface area (Å²) < 4.78 is 15.9. The molecule has 2 atom stereocenters. The predicted molar refractivity (Wildman–Crippen MR) is 176 cm³/mol. The highest BCUT2D eigenvalue weighted by Crippen LogP contribution is 2.45. The molecule has 12 heteroatoms. The van der Waals surface area contributed by atoms with Gasteiger partial charge in [-0.2, -0.15) is 0 Å². The fraction of sp³-hybridized carbons (Fsp3) is 0.455. The van der Waals surface area contributed by atoms with Crippen LogP contribution in [0.25, 0.3) is 11.2 Å². The first-order chi connectivity index (χ1) is 21.6. The molecule has 1 amide bonds. The molecule has 11 nitrogen and oxygen atoms in total. The third-order valence-corrected chi connectivity index (χ3v) is 9.77. The number of hydrogen-bond donors (Lipinski definition) is 0. The largest absolute Gasteiger partial charge is 0.490 e. The molecule has 0 radical (unpaired) electrons. The van der Waals surface area contributed by atoms with E-state index in [9.17, 15) is 14.4 Å². The van der Waals surface area contributed by atoms with E-state index in [1.807, 2.05) is 36.9 Å². The lowest BCUT2D eigenvalue weighted by Gasteiger charge is -2.36. The van der Waals surface area contributed by atoms with Gasteiger partial charge in [-0.05, 0) is 70.1 Å². The van der Waals surface area contributed by atoms with Crippen molar-refractivity contribution in [3.63, 3.8) is 0 Å². The SMILES string of the molecule is CCOc1ccc(Cn2c(SCC(=O)N3c4ccc(C)cc4[C@@H]4CN(C)CC[C@H]43)nc3c2c(=O)n(C)c(=O)n3C)cc1OCC. The number of ether oxygens (including phenoxy) is 2. The van der Waals surface area contributed by atoms with E-state index in [4.69, 9.17) is 14.5 Å². The Balaban J connectivity index is 1.36. The number of rotatable bonds is 9. The first kappa shape index (κ1) is 31.0. The molecule has 2 aliphatic heterocycles. The molecule has 2 aromatic carbocycles. The molecule has 1 fully saturated rings. The molecule has 2 aliphatic rings. The number of carbonyl (C=O) groups is 1. The summed E-state index contributed by atoms with van der Waals surface area (Å²) in [6, 6.07) is 12.1. The number of amides is 1. The van der Waals surface area contributed by atoms with E-state index >= 15 is 0 Å². The minimum absolute atomic E-state index is 0.00209. The van der Waals surface area contributed by atoms with Crippen molar-refractivity contribution in [1.82, 2.24) is 23.6 Å². The van der Waals surface area contributed by atoms with Crippen LogP contribution in [-0.2, 0) is 25.4 Å². The van der Waals surface area contributed by atoms with Crippen molar-refractivity contribution in [1.29, 1.82) is 0 Å². The van der Waals surface area contributed by atoms with Crippen LogP contribution in [0, 0.1) is 6.92 Å². The number of likely N-dealkylation sites (N-methyl/N-ethyl adjacent to an activating group) is 1. The molecule has 45 heavy (non-hydrogen) atoms. The number of piperidine rings is 1. The minimum atomic E-state index is -0.457. The second-order valence-corrected chi connectivity index (χ2v) is 12.8. The number of likely N-dealkylation sites (tertiary alicyclic amines) is 1. The highest BCUT2D eigenvalue weighted by Gasteiger charge is 2.43. The molecule has 4 aromatic rings. The van der Waals surface area contributed by atoms with E-state index in [1.54, 1.807) is 11.6 Å². The van der Waals surface area contributed by atoms with Gasteiger partial charge < -0.3 is 23.8 Å². The van der Waals surface area contributed by atoms with Crippen LogP contribution in [0.15, 0.2) is 51.1 Å². The number of imidazole rings is 1. The molecule has 2 aromatic heterocycles. The minimum Gasteiger partial charge on any atom is -0.490 e. The molecule has 0 spiro atoms. The molecule has 0 aliphatic carbocycles. The number of carbonyl (C=O) groups excluding carboxylic acids is 1. The molecule has 4 heterocycles. The Hall–Kier alpha value is -4.03. The molecule has 0 saturated carbocycles. The quantitative estimate of drug-likeness (QED) is 0.259. The lowest BCUT2D eigenvalue weighted by atomic mass is 9.89. The Labute approximate surface area is 266 Å². The molecule has 0 bridgehead atoms. The fourth-order valence-electron chi connectivity index (χ4n) is 6.66. The normalized spacial score (nSPS) is 17.9. The molecule has 0 unspecified atom stereocenters. The molecule has 6 rings (SSSR count). The van der Waals surface area contributed by atoms with Gasteiger partial charge >= 0.3 is 5.69 Å². The Kier molecular flexibility index (Phi) is 8.53. The van der Waals surface area contributed by atoms with Crippen LogP contribution in [-0.4, -0.2) is 74.6 Å². The lowest BCUT2D eigenvalue weighted by molar-refractivity contribution is -0.116. The zero-order chi connectivity index (χ0) is 32.0. The maximum Gasteiger partial charge on any atom is 0.332 e. The maximum absolute atomic E-state index is 14.0. The Morgan fingerprint density at radius 2 is 1.76 bits per heavy atom. The van der Waals surface area contributed by atoms with Gasteiger partial charge in [-0.3, -0.25) is 18.7 Å². The van der Waals surface area contributed by atoms with E-state index < -0.39 is 11.2 Å². The zero-order valence-electron chi connectivity index (χ0n) is 26.7. The Morgan fingerprint density at radius 3 is 2.51 bits per heavy atom. The van der Waals surface area contributed by atoms with Crippen LogP contribution in [0.4, 0.5) is 5.69 Å². The Bertz CT molecular complexity index is 1900. The summed E-state index contributed by atoms with van der Waals surface area (Å²) in [6.07, 6.45) is 0.905. The van der Waals surface area contributed by atoms with Crippen LogP contribution in [0.5, 0.6) is 11.5 Å². The van der Waals surface area contributed by atoms with Gasteiger partial charge in [0, 0.05) is 38.3 Å². The van der Waals surface area contributed by atoms with Crippen molar-refractivity contribution >= 4 is 34.5 Å². The smallest absolute Gasteiger partial charge is 0.332 e. The number of thioether (sulfide) groups is 1. The van der Waals surface area contributed by atoms with E-state index in [2.05, 4.69) is 37.1 Å². The molecule has 0 N–H and O–H groups in total. The molecule has 1 saturated heterocycles. The van der Waals surface area contributed by atoms with Gasteiger partial charge in [0.1, 0.15) is 0 Å². The number of fused-ring (bicyclic) bond motifs is 4. The predicted octanol–water partition coefficient (Wildman–Crippen LogP) is 3.51. The molecular formula is C33H40N6O5S. The van der Waals surface area contributed by atoms with E-state index in [1.165, 1.54) is 34.5 Å². The van der Waals surface area contributed by atoms with Crippen LogP contribution < -0.4 is 25.6 Å². The van der Waals surface area contributed by atoms with Gasteiger partial charge in [0.2, 0.25) is 5.91 Å².